The van der Waals surface area contributed by atoms with Gasteiger partial charge in [-0.25, -0.2) is 0 Å². The number of nitrogens with zero attached hydrogens (tertiary/aromatic N) is 2. The predicted octanol–water partition coefficient (Wildman–Crippen LogP) is 3.02. The molecule has 0 aromatic heterocycles. The monoisotopic (exact) mass is 227 g/mol. The van der Waals surface area contributed by atoms with Crippen LogP contribution >= 0.6 is 0 Å². The Bertz CT molecular complexity index is 221. The summed E-state index contributed by atoms with van der Waals surface area (Å²) >= 11 is 0. The van der Waals surface area contributed by atoms with E-state index in [-0.39, 0.29) is 7.59 Å². The number of piperidine rings is 1. The molecule has 0 saturated carbocycles. The van der Waals surface area contributed by atoms with Gasteiger partial charge in [-0.15, -0.1) is 0 Å². The standard InChI is InChI=1S/C11H21N3.C2H6.H2/c1-3-11(12)9-13-10(2)14-7-5-4-6-8-14;1-2;/h3,9-10H,4-8,12H2,1-2H3;1-2H3;1H/b11-3+,13-9-;;. The predicted molar refractivity (Wildman–Crippen MR) is 74.8 cm³/mol. The van der Waals surface area contributed by atoms with Gasteiger partial charge in [0.2, 0.25) is 0 Å². The maximum absolute atomic E-state index is 5.64. The molecule has 0 radical (unpaired) electrons. The van der Waals surface area contributed by atoms with Crippen LogP contribution in [0.25, 0.3) is 0 Å². The Hall–Kier alpha value is -0.830. The lowest BCUT2D eigenvalue weighted by Crippen LogP contribution is -2.36. The summed E-state index contributed by atoms with van der Waals surface area (Å²) in [5.74, 6) is 0. The minimum atomic E-state index is 0. The summed E-state index contributed by atoms with van der Waals surface area (Å²) < 4.78 is 0. The van der Waals surface area contributed by atoms with Crippen LogP contribution in [0.15, 0.2) is 16.8 Å². The Balaban J connectivity index is 0. The molecule has 1 saturated heterocycles. The van der Waals surface area contributed by atoms with E-state index >= 15 is 0 Å². The van der Waals surface area contributed by atoms with Crippen LogP contribution in [-0.2, 0) is 0 Å². The van der Waals surface area contributed by atoms with Crippen LogP contribution in [0.2, 0.25) is 0 Å². The van der Waals surface area contributed by atoms with E-state index in [1.807, 2.05) is 26.8 Å². The topological polar surface area (TPSA) is 41.6 Å². The second-order valence-electron chi connectivity index (χ2n) is 3.80. The molecule has 3 heteroatoms. The Morgan fingerprint density at radius 2 is 1.88 bits per heavy atom. The van der Waals surface area contributed by atoms with Gasteiger partial charge < -0.3 is 5.73 Å². The van der Waals surface area contributed by atoms with Crippen LogP contribution < -0.4 is 5.73 Å². The number of nitrogens with two attached hydrogens (primary N) is 1. The van der Waals surface area contributed by atoms with Crippen molar-refractivity contribution < 1.29 is 1.43 Å². The van der Waals surface area contributed by atoms with Crippen LogP contribution in [-0.4, -0.2) is 30.4 Å². The Labute approximate surface area is 102 Å². The molecule has 0 spiro atoms. The van der Waals surface area contributed by atoms with Gasteiger partial charge in [-0.2, -0.15) is 0 Å². The highest BCUT2D eigenvalue weighted by Crippen LogP contribution is 2.12. The Kier molecular flexibility index (Phi) is 8.91. The van der Waals surface area contributed by atoms with Crippen molar-refractivity contribution in [2.24, 2.45) is 10.7 Å². The summed E-state index contributed by atoms with van der Waals surface area (Å²) in [5.41, 5.74) is 6.39. The molecule has 1 atom stereocenters. The van der Waals surface area contributed by atoms with E-state index < -0.39 is 0 Å². The minimum absolute atomic E-state index is 0. The van der Waals surface area contributed by atoms with Crippen molar-refractivity contribution in [3.05, 3.63) is 11.8 Å². The molecule has 1 aliphatic rings. The number of allylic oxidation sites excluding steroid dienone is 2. The zero-order valence-corrected chi connectivity index (χ0v) is 11.2. The number of aliphatic imine (C=N–C) groups is 1. The Morgan fingerprint density at radius 1 is 1.31 bits per heavy atom. The van der Waals surface area contributed by atoms with Crippen molar-refractivity contribution in [2.45, 2.75) is 53.1 Å². The molecule has 1 aliphatic heterocycles. The smallest absolute Gasteiger partial charge is 0.0991 e. The fourth-order valence-corrected chi connectivity index (χ4v) is 1.65. The maximum atomic E-state index is 5.64. The first-order valence-corrected chi connectivity index (χ1v) is 6.43. The van der Waals surface area contributed by atoms with Gasteiger partial charge in [0.25, 0.3) is 0 Å². The highest BCUT2D eigenvalue weighted by Gasteiger charge is 2.14. The van der Waals surface area contributed by atoms with Crippen molar-refractivity contribution in [3.8, 4) is 0 Å². The summed E-state index contributed by atoms with van der Waals surface area (Å²) in [7, 11) is 0. The third kappa shape index (κ3) is 5.91. The molecular formula is C13H29N3. The quantitative estimate of drug-likeness (QED) is 0.753. The van der Waals surface area contributed by atoms with Gasteiger partial charge in [-0.3, -0.25) is 9.89 Å². The molecule has 0 bridgehead atoms. The summed E-state index contributed by atoms with van der Waals surface area (Å²) in [4.78, 5) is 6.83. The van der Waals surface area contributed by atoms with E-state index in [1.54, 1.807) is 6.21 Å². The zero-order valence-electron chi connectivity index (χ0n) is 11.2. The Morgan fingerprint density at radius 3 is 2.38 bits per heavy atom. The van der Waals surface area contributed by atoms with Crippen molar-refractivity contribution >= 4 is 6.21 Å². The van der Waals surface area contributed by atoms with E-state index in [4.69, 9.17) is 5.73 Å². The first-order chi connectivity index (χ1) is 7.74. The molecular weight excluding hydrogens is 198 g/mol. The van der Waals surface area contributed by atoms with Crippen LogP contribution in [0.3, 0.4) is 0 Å². The van der Waals surface area contributed by atoms with Crippen molar-refractivity contribution in [1.29, 1.82) is 0 Å². The number of rotatable bonds is 3. The summed E-state index contributed by atoms with van der Waals surface area (Å²) in [6, 6.07) is 0. The highest BCUT2D eigenvalue weighted by atomic mass is 15.2. The first-order valence-electron chi connectivity index (χ1n) is 6.43. The molecule has 96 valence electrons. The van der Waals surface area contributed by atoms with Crippen LogP contribution in [0.5, 0.6) is 0 Å². The molecule has 0 aromatic carbocycles. The largest absolute Gasteiger partial charge is 0.398 e. The average Bonchev–Trinajstić information content (AvgIpc) is 2.38. The van der Waals surface area contributed by atoms with Crippen molar-refractivity contribution in [3.63, 3.8) is 0 Å². The molecule has 16 heavy (non-hydrogen) atoms. The van der Waals surface area contributed by atoms with Gasteiger partial charge >= 0.3 is 0 Å². The van der Waals surface area contributed by atoms with E-state index in [0.29, 0.717) is 0 Å². The van der Waals surface area contributed by atoms with E-state index in [0.717, 1.165) is 5.70 Å². The SMILES string of the molecule is C/C=C(N)\C=N/C(C)N1CCCCC1.CC.[HH]. The van der Waals surface area contributed by atoms with Gasteiger partial charge in [0, 0.05) is 26.4 Å². The molecule has 1 heterocycles. The fourth-order valence-electron chi connectivity index (χ4n) is 1.65. The lowest BCUT2D eigenvalue weighted by atomic mass is 10.1. The molecule has 1 unspecified atom stereocenters. The van der Waals surface area contributed by atoms with E-state index in [2.05, 4.69) is 16.8 Å². The van der Waals surface area contributed by atoms with Gasteiger partial charge in [0.05, 0.1) is 6.17 Å². The first kappa shape index (κ1) is 15.2. The van der Waals surface area contributed by atoms with Gasteiger partial charge in [-0.1, -0.05) is 26.3 Å². The van der Waals surface area contributed by atoms with Gasteiger partial charge in [0.1, 0.15) is 0 Å². The molecule has 0 amide bonds. The molecule has 2 N–H and O–H groups in total. The molecule has 1 fully saturated rings. The average molecular weight is 227 g/mol. The molecule has 1 rings (SSSR count). The van der Waals surface area contributed by atoms with E-state index in [9.17, 15) is 0 Å². The summed E-state index contributed by atoms with van der Waals surface area (Å²) in [5, 5.41) is 0. The van der Waals surface area contributed by atoms with Crippen LogP contribution in [0.4, 0.5) is 0 Å². The fraction of sp³-hybridized carbons (Fsp3) is 0.769. The lowest BCUT2D eigenvalue weighted by Gasteiger charge is -2.29. The van der Waals surface area contributed by atoms with Crippen molar-refractivity contribution in [2.75, 3.05) is 13.1 Å². The second kappa shape index (κ2) is 9.40. The normalized spacial score (nSPS) is 20.4. The maximum Gasteiger partial charge on any atom is 0.0991 e. The van der Waals surface area contributed by atoms with Gasteiger partial charge in [-0.05, 0) is 26.7 Å². The van der Waals surface area contributed by atoms with Gasteiger partial charge in [0.15, 0.2) is 0 Å². The minimum Gasteiger partial charge on any atom is -0.398 e. The molecule has 0 aliphatic carbocycles. The third-order valence-corrected chi connectivity index (χ3v) is 2.69. The van der Waals surface area contributed by atoms with E-state index in [1.165, 1.54) is 32.4 Å². The lowest BCUT2D eigenvalue weighted by molar-refractivity contribution is 0.179. The number of likely N-dealkylation sites (tertiary alicyclic amines) is 1. The molecule has 3 nitrogen and oxygen atoms in total. The zero-order chi connectivity index (χ0) is 12.4. The highest BCUT2D eigenvalue weighted by molar-refractivity contribution is 5.77. The van der Waals surface area contributed by atoms with Crippen LogP contribution in [0, 0.1) is 0 Å². The number of hydrogen-bond acceptors (Lipinski definition) is 3. The second-order valence-corrected chi connectivity index (χ2v) is 3.80. The third-order valence-electron chi connectivity index (χ3n) is 2.69. The van der Waals surface area contributed by atoms with Crippen LogP contribution in [0.1, 0.15) is 48.4 Å². The summed E-state index contributed by atoms with van der Waals surface area (Å²) in [6.07, 6.45) is 7.88. The number of hydrogen-bond donors (Lipinski definition) is 1. The van der Waals surface area contributed by atoms with Crippen molar-refractivity contribution in [1.82, 2.24) is 4.90 Å². The summed E-state index contributed by atoms with van der Waals surface area (Å²) in [6.45, 7) is 10.4. The molecule has 0 aromatic rings.